The molecule has 21 heavy (non-hydrogen) atoms. The summed E-state index contributed by atoms with van der Waals surface area (Å²) in [6, 6.07) is 0. The van der Waals surface area contributed by atoms with Gasteiger partial charge in [0, 0.05) is 13.7 Å². The molecule has 3 aliphatic heterocycles. The van der Waals surface area contributed by atoms with E-state index in [9.17, 15) is 5.11 Å². The molecule has 3 saturated heterocycles. The fourth-order valence-corrected chi connectivity index (χ4v) is 2.39. The summed E-state index contributed by atoms with van der Waals surface area (Å²) in [6.45, 7) is 4.54. The Morgan fingerprint density at radius 3 is 2.24 bits per heavy atom. The number of fused-ring (bicyclic) bond motifs is 1. The van der Waals surface area contributed by atoms with Crippen molar-refractivity contribution < 1.29 is 80.5 Å². The van der Waals surface area contributed by atoms with Crippen LogP contribution < -0.4 is 51.4 Å². The predicted molar refractivity (Wildman–Crippen MR) is 73.1 cm³/mol. The van der Waals surface area contributed by atoms with Crippen molar-refractivity contribution in [3.8, 4) is 0 Å². The van der Waals surface area contributed by atoms with E-state index < -0.39 is 6.10 Å². The van der Waals surface area contributed by atoms with Crippen LogP contribution in [0.3, 0.4) is 0 Å². The molecule has 7 heteroatoms. The molecule has 0 saturated carbocycles. The summed E-state index contributed by atoms with van der Waals surface area (Å²) in [4.78, 5) is 0. The summed E-state index contributed by atoms with van der Waals surface area (Å²) in [7, 11) is 1.57. The van der Waals surface area contributed by atoms with Crippen LogP contribution in [-0.2, 0) is 18.9 Å². The summed E-state index contributed by atoms with van der Waals surface area (Å²) in [6.07, 6.45) is 0.584. The van der Waals surface area contributed by atoms with Crippen LogP contribution >= 0.6 is 0 Å². The van der Waals surface area contributed by atoms with Crippen LogP contribution in [0.2, 0.25) is 0 Å². The third-order valence-corrected chi connectivity index (χ3v) is 3.81. The zero-order chi connectivity index (χ0) is 14.0. The molecule has 3 aliphatic rings. The van der Waals surface area contributed by atoms with E-state index in [0.29, 0.717) is 0 Å². The van der Waals surface area contributed by atoms with Crippen molar-refractivity contribution in [1.82, 2.24) is 0 Å². The van der Waals surface area contributed by atoms with Crippen LogP contribution in [-0.4, -0.2) is 66.8 Å². The van der Waals surface area contributed by atoms with Gasteiger partial charge < -0.3 is 36.6 Å². The maximum Gasteiger partial charge on any atom is 1.00 e. The van der Waals surface area contributed by atoms with Crippen LogP contribution in [0, 0.1) is 7.43 Å². The number of methoxy groups -OCH3 is 1. The summed E-state index contributed by atoms with van der Waals surface area (Å²) >= 11 is 0. The first-order valence-electron chi connectivity index (χ1n) is 6.86. The van der Waals surface area contributed by atoms with E-state index in [0.717, 1.165) is 19.4 Å². The van der Waals surface area contributed by atoms with Crippen molar-refractivity contribution >= 4 is 0 Å². The fraction of sp³-hybridized carbons (Fsp3) is 0.929. The topological polar surface area (TPSA) is 80.7 Å². The Hall–Kier alpha value is 1.40. The quantitative estimate of drug-likeness (QED) is 0.314. The molecule has 0 spiro atoms. The molecule has 3 fully saturated rings. The molecule has 0 bridgehead atoms. The standard InChI is InChI=1S/C7H12O4.C6H12O2.CH3.K/c1-3-4(8)5(9-2)6-7(10-3)11-6;1-5-6(7)3-2-4-8-5;;/h3-8H,1-2H3;5-7H,2-4H2,1H3;1H3;/q;;-1;+1. The van der Waals surface area contributed by atoms with Crippen LogP contribution in [0.1, 0.15) is 26.7 Å². The normalized spacial score (nSPS) is 44.1. The number of hydrogen-bond donors (Lipinski definition) is 2. The van der Waals surface area contributed by atoms with E-state index in [-0.39, 0.29) is 95.6 Å². The molecule has 3 rings (SSSR count). The van der Waals surface area contributed by atoms with Gasteiger partial charge in [-0.3, -0.25) is 0 Å². The van der Waals surface area contributed by atoms with Gasteiger partial charge in [0.05, 0.1) is 18.3 Å². The van der Waals surface area contributed by atoms with Crippen LogP contribution in [0.25, 0.3) is 0 Å². The van der Waals surface area contributed by atoms with Gasteiger partial charge in [-0.25, -0.2) is 0 Å². The second-order valence-electron chi connectivity index (χ2n) is 5.29. The Kier molecular flexibility index (Phi) is 11.0. The molecule has 0 radical (unpaired) electrons. The average Bonchev–Trinajstić information content (AvgIpc) is 3.14. The van der Waals surface area contributed by atoms with Crippen molar-refractivity contribution in [3.05, 3.63) is 7.43 Å². The van der Waals surface area contributed by atoms with E-state index in [1.54, 1.807) is 7.11 Å². The van der Waals surface area contributed by atoms with Crippen molar-refractivity contribution in [2.24, 2.45) is 0 Å². The molecular weight excluding hydrogens is 303 g/mol. The number of hydrogen-bond acceptors (Lipinski definition) is 6. The second kappa shape index (κ2) is 10.3. The zero-order valence-corrected chi connectivity index (χ0v) is 16.8. The van der Waals surface area contributed by atoms with Gasteiger partial charge in [-0.1, -0.05) is 0 Å². The van der Waals surface area contributed by atoms with Gasteiger partial charge in [0.25, 0.3) is 0 Å². The molecule has 3 heterocycles. The first-order chi connectivity index (χ1) is 9.04. The first-order valence-corrected chi connectivity index (χ1v) is 6.86. The molecular formula is C14H27KO6. The molecule has 7 atom stereocenters. The maximum atomic E-state index is 9.50. The van der Waals surface area contributed by atoms with E-state index in [4.69, 9.17) is 24.1 Å². The summed E-state index contributed by atoms with van der Waals surface area (Å²) < 4.78 is 20.6. The van der Waals surface area contributed by atoms with Crippen LogP contribution in [0.5, 0.6) is 0 Å². The smallest absolute Gasteiger partial charge is 0.390 e. The third kappa shape index (κ3) is 6.08. The number of aliphatic hydroxyl groups excluding tert-OH is 2. The second-order valence-corrected chi connectivity index (χ2v) is 5.29. The molecule has 0 aromatic carbocycles. The molecule has 7 unspecified atom stereocenters. The number of ether oxygens (including phenoxy) is 4. The van der Waals surface area contributed by atoms with Crippen molar-refractivity contribution in [1.29, 1.82) is 0 Å². The molecule has 2 N–H and O–H groups in total. The van der Waals surface area contributed by atoms with Gasteiger partial charge in [0.15, 0.2) is 6.29 Å². The van der Waals surface area contributed by atoms with Gasteiger partial charge >= 0.3 is 51.4 Å². The number of epoxide rings is 1. The zero-order valence-electron chi connectivity index (χ0n) is 13.7. The van der Waals surface area contributed by atoms with Gasteiger partial charge in [-0.2, -0.15) is 0 Å². The molecule has 0 aliphatic carbocycles. The molecule has 0 aromatic rings. The van der Waals surface area contributed by atoms with Crippen molar-refractivity contribution in [2.75, 3.05) is 13.7 Å². The van der Waals surface area contributed by atoms with Crippen molar-refractivity contribution in [3.63, 3.8) is 0 Å². The minimum atomic E-state index is -0.566. The fourth-order valence-electron chi connectivity index (χ4n) is 2.39. The largest absolute Gasteiger partial charge is 1.00 e. The third-order valence-electron chi connectivity index (χ3n) is 3.81. The monoisotopic (exact) mass is 330 g/mol. The Morgan fingerprint density at radius 2 is 1.76 bits per heavy atom. The van der Waals surface area contributed by atoms with E-state index in [1.165, 1.54) is 0 Å². The molecule has 120 valence electrons. The number of aliphatic hydroxyl groups is 2. The minimum Gasteiger partial charge on any atom is -0.390 e. The van der Waals surface area contributed by atoms with Gasteiger partial charge in [0.1, 0.15) is 18.3 Å². The average molecular weight is 330 g/mol. The Bertz CT molecular complexity index is 283. The summed E-state index contributed by atoms with van der Waals surface area (Å²) in [5, 5.41) is 18.6. The van der Waals surface area contributed by atoms with Crippen LogP contribution in [0.4, 0.5) is 0 Å². The summed E-state index contributed by atoms with van der Waals surface area (Å²) in [5.74, 6) is 0. The Morgan fingerprint density at radius 1 is 1.10 bits per heavy atom. The van der Waals surface area contributed by atoms with Crippen LogP contribution in [0.15, 0.2) is 0 Å². The van der Waals surface area contributed by atoms with Gasteiger partial charge in [-0.15, -0.1) is 0 Å². The molecule has 6 nitrogen and oxygen atoms in total. The minimum absolute atomic E-state index is 0. The van der Waals surface area contributed by atoms with E-state index >= 15 is 0 Å². The van der Waals surface area contributed by atoms with Gasteiger partial charge in [-0.05, 0) is 26.7 Å². The van der Waals surface area contributed by atoms with Crippen molar-refractivity contribution in [2.45, 2.75) is 69.6 Å². The van der Waals surface area contributed by atoms with E-state index in [1.807, 2.05) is 13.8 Å². The first kappa shape index (κ1) is 22.4. The molecule has 0 amide bonds. The van der Waals surface area contributed by atoms with E-state index in [2.05, 4.69) is 0 Å². The predicted octanol–water partition coefficient (Wildman–Crippen LogP) is -2.49. The van der Waals surface area contributed by atoms with Gasteiger partial charge in [0.2, 0.25) is 0 Å². The summed E-state index contributed by atoms with van der Waals surface area (Å²) in [5.41, 5.74) is 0. The number of rotatable bonds is 1. The molecule has 0 aromatic heterocycles. The SMILES string of the molecule is CC1OCCCC1O.COC1C(O)C(C)OC2OC21.[CH3-].[K+]. The Balaban J connectivity index is 0.000000363. The maximum absolute atomic E-state index is 9.50. The Labute approximate surface area is 169 Å².